The second-order valence-corrected chi connectivity index (χ2v) is 7.74. The Labute approximate surface area is 175 Å². The molecule has 3 rings (SSSR count). The van der Waals surface area contributed by atoms with Crippen LogP contribution in [0.5, 0.6) is 5.75 Å². The molecule has 0 radical (unpaired) electrons. The first-order chi connectivity index (χ1) is 14.3. The standard InChI is InChI=1S/C21H29FN4O4/c1-4-21(5-2)19(28)26(20(29)23-21)14-18(27)25-10-8-24(9-11-25)13-15-6-7-17(30-3)16(22)12-15/h6-7,12H,4-5,8-11,13-14H2,1-3H3,(H,23,29). The van der Waals surface area contributed by atoms with Gasteiger partial charge in [0.2, 0.25) is 5.91 Å². The zero-order chi connectivity index (χ0) is 21.9. The molecule has 1 aromatic rings. The Bertz CT molecular complexity index is 819. The van der Waals surface area contributed by atoms with Crippen molar-refractivity contribution in [2.45, 2.75) is 38.8 Å². The number of imide groups is 1. The lowest BCUT2D eigenvalue weighted by Crippen LogP contribution is -2.52. The zero-order valence-electron chi connectivity index (χ0n) is 17.7. The van der Waals surface area contributed by atoms with Crippen LogP contribution in [0.3, 0.4) is 0 Å². The number of amides is 4. The number of carbonyl (C=O) groups is 3. The van der Waals surface area contributed by atoms with Gasteiger partial charge in [0, 0.05) is 32.7 Å². The molecule has 0 spiro atoms. The number of urea groups is 1. The summed E-state index contributed by atoms with van der Waals surface area (Å²) in [5.41, 5.74) is -0.0631. The van der Waals surface area contributed by atoms with E-state index in [1.165, 1.54) is 13.2 Å². The van der Waals surface area contributed by atoms with Gasteiger partial charge in [-0.05, 0) is 30.5 Å². The number of nitrogens with one attached hydrogen (secondary N) is 1. The number of carbonyl (C=O) groups excluding carboxylic acids is 3. The van der Waals surface area contributed by atoms with Crippen LogP contribution in [-0.4, -0.2) is 77.9 Å². The van der Waals surface area contributed by atoms with Crippen molar-refractivity contribution in [1.82, 2.24) is 20.0 Å². The van der Waals surface area contributed by atoms with E-state index in [0.717, 1.165) is 10.5 Å². The van der Waals surface area contributed by atoms with Gasteiger partial charge < -0.3 is 15.0 Å². The van der Waals surface area contributed by atoms with Crippen LogP contribution < -0.4 is 10.1 Å². The summed E-state index contributed by atoms with van der Waals surface area (Å²) in [4.78, 5) is 42.4. The van der Waals surface area contributed by atoms with Crippen molar-refractivity contribution in [2.24, 2.45) is 0 Å². The van der Waals surface area contributed by atoms with Crippen molar-refractivity contribution in [2.75, 3.05) is 39.8 Å². The minimum atomic E-state index is -0.899. The maximum Gasteiger partial charge on any atom is 0.325 e. The van der Waals surface area contributed by atoms with E-state index in [-0.39, 0.29) is 24.1 Å². The molecule has 30 heavy (non-hydrogen) atoms. The largest absolute Gasteiger partial charge is 0.494 e. The molecule has 164 valence electrons. The first kappa shape index (κ1) is 22.0. The predicted octanol–water partition coefficient (Wildman–Crippen LogP) is 1.59. The number of ether oxygens (including phenoxy) is 1. The highest BCUT2D eigenvalue weighted by Gasteiger charge is 2.49. The molecule has 2 aliphatic rings. The van der Waals surface area contributed by atoms with Crippen LogP contribution in [-0.2, 0) is 16.1 Å². The van der Waals surface area contributed by atoms with Crippen molar-refractivity contribution in [3.05, 3.63) is 29.6 Å². The maximum atomic E-state index is 13.9. The Balaban J connectivity index is 1.52. The Morgan fingerprint density at radius 3 is 2.37 bits per heavy atom. The molecule has 0 aliphatic carbocycles. The van der Waals surface area contributed by atoms with Gasteiger partial charge in [-0.25, -0.2) is 9.18 Å². The molecule has 0 unspecified atom stereocenters. The molecule has 0 saturated carbocycles. The Kier molecular flexibility index (Phi) is 6.60. The van der Waals surface area contributed by atoms with E-state index in [0.29, 0.717) is 45.6 Å². The Hall–Kier alpha value is -2.68. The first-order valence-electron chi connectivity index (χ1n) is 10.3. The molecule has 2 aliphatic heterocycles. The number of hydrogen-bond acceptors (Lipinski definition) is 5. The van der Waals surface area contributed by atoms with Gasteiger partial charge in [-0.15, -0.1) is 0 Å². The van der Waals surface area contributed by atoms with Gasteiger partial charge >= 0.3 is 6.03 Å². The number of benzene rings is 1. The van der Waals surface area contributed by atoms with Gasteiger partial charge in [-0.1, -0.05) is 19.9 Å². The number of methoxy groups -OCH3 is 1. The summed E-state index contributed by atoms with van der Waals surface area (Å²) >= 11 is 0. The van der Waals surface area contributed by atoms with E-state index in [9.17, 15) is 18.8 Å². The number of halogens is 1. The summed E-state index contributed by atoms with van der Waals surface area (Å²) in [6.07, 6.45) is 0.979. The third-order valence-electron chi connectivity index (χ3n) is 6.09. The highest BCUT2D eigenvalue weighted by Crippen LogP contribution is 2.25. The van der Waals surface area contributed by atoms with Crippen molar-refractivity contribution in [3.63, 3.8) is 0 Å². The lowest BCUT2D eigenvalue weighted by molar-refractivity contribution is -0.140. The van der Waals surface area contributed by atoms with E-state index in [4.69, 9.17) is 4.74 Å². The number of nitrogens with zero attached hydrogens (tertiary/aromatic N) is 3. The summed E-state index contributed by atoms with van der Waals surface area (Å²) in [5, 5.41) is 2.74. The quantitative estimate of drug-likeness (QED) is 0.678. The van der Waals surface area contributed by atoms with Crippen molar-refractivity contribution in [3.8, 4) is 5.75 Å². The van der Waals surface area contributed by atoms with Crippen LogP contribution in [0.25, 0.3) is 0 Å². The predicted molar refractivity (Wildman–Crippen MR) is 108 cm³/mol. The molecule has 2 heterocycles. The summed E-state index contributed by atoms with van der Waals surface area (Å²) in [5.74, 6) is -0.750. The Morgan fingerprint density at radius 1 is 1.17 bits per heavy atom. The van der Waals surface area contributed by atoms with Crippen molar-refractivity contribution >= 4 is 17.8 Å². The van der Waals surface area contributed by atoms with E-state index in [2.05, 4.69) is 10.2 Å². The highest BCUT2D eigenvalue weighted by molar-refractivity contribution is 6.09. The monoisotopic (exact) mass is 420 g/mol. The lowest BCUT2D eigenvalue weighted by Gasteiger charge is -2.35. The van der Waals surface area contributed by atoms with Gasteiger partial charge in [-0.3, -0.25) is 19.4 Å². The lowest BCUT2D eigenvalue weighted by atomic mass is 9.93. The minimum absolute atomic E-state index is 0.213. The van der Waals surface area contributed by atoms with Crippen LogP contribution in [0.1, 0.15) is 32.3 Å². The molecule has 9 heteroatoms. The van der Waals surface area contributed by atoms with Crippen LogP contribution in [0.4, 0.5) is 9.18 Å². The average Bonchev–Trinajstić information content (AvgIpc) is 2.99. The van der Waals surface area contributed by atoms with Gasteiger partial charge in [-0.2, -0.15) is 0 Å². The van der Waals surface area contributed by atoms with Gasteiger partial charge in [0.15, 0.2) is 11.6 Å². The molecule has 2 fully saturated rings. The fraction of sp³-hybridized carbons (Fsp3) is 0.571. The van der Waals surface area contributed by atoms with Crippen LogP contribution >= 0.6 is 0 Å². The van der Waals surface area contributed by atoms with E-state index in [1.807, 2.05) is 19.9 Å². The smallest absolute Gasteiger partial charge is 0.325 e. The number of piperazine rings is 1. The van der Waals surface area contributed by atoms with Gasteiger partial charge in [0.05, 0.1) is 7.11 Å². The fourth-order valence-corrected chi connectivity index (χ4v) is 4.01. The van der Waals surface area contributed by atoms with Crippen molar-refractivity contribution < 1.29 is 23.5 Å². The van der Waals surface area contributed by atoms with E-state index in [1.54, 1.807) is 11.0 Å². The summed E-state index contributed by atoms with van der Waals surface area (Å²) < 4.78 is 18.8. The van der Waals surface area contributed by atoms with Crippen molar-refractivity contribution in [1.29, 1.82) is 0 Å². The SMILES string of the molecule is CCC1(CC)NC(=O)N(CC(=O)N2CCN(Cc3ccc(OC)c(F)c3)CC2)C1=O. The van der Waals surface area contributed by atoms with Gasteiger partial charge in [0.25, 0.3) is 5.91 Å². The number of rotatable bonds is 7. The van der Waals surface area contributed by atoms with Gasteiger partial charge in [0.1, 0.15) is 12.1 Å². The second-order valence-electron chi connectivity index (χ2n) is 7.74. The summed E-state index contributed by atoms with van der Waals surface area (Å²) in [6.45, 7) is 6.28. The molecule has 2 saturated heterocycles. The molecule has 0 atom stereocenters. The van der Waals surface area contributed by atoms with Crippen LogP contribution in [0.2, 0.25) is 0 Å². The normalized spacial score (nSPS) is 19.2. The number of hydrogen-bond donors (Lipinski definition) is 1. The molecular weight excluding hydrogens is 391 g/mol. The molecule has 1 aromatic carbocycles. The van der Waals surface area contributed by atoms with E-state index < -0.39 is 17.4 Å². The maximum absolute atomic E-state index is 13.9. The molecule has 8 nitrogen and oxygen atoms in total. The zero-order valence-corrected chi connectivity index (χ0v) is 17.7. The Morgan fingerprint density at radius 2 is 1.83 bits per heavy atom. The molecule has 1 N–H and O–H groups in total. The van der Waals surface area contributed by atoms with Crippen LogP contribution in [0.15, 0.2) is 18.2 Å². The summed E-state index contributed by atoms with van der Waals surface area (Å²) in [7, 11) is 1.43. The first-order valence-corrected chi connectivity index (χ1v) is 10.3. The average molecular weight is 420 g/mol. The molecule has 0 aromatic heterocycles. The minimum Gasteiger partial charge on any atom is -0.494 e. The second kappa shape index (κ2) is 8.99. The third-order valence-corrected chi connectivity index (χ3v) is 6.09. The topological polar surface area (TPSA) is 82.2 Å². The fourth-order valence-electron chi connectivity index (χ4n) is 4.01. The van der Waals surface area contributed by atoms with E-state index >= 15 is 0 Å². The summed E-state index contributed by atoms with van der Waals surface area (Å²) in [6, 6.07) is 4.39. The molecular formula is C21H29FN4O4. The molecule has 4 amide bonds. The third kappa shape index (κ3) is 4.26. The molecule has 0 bridgehead atoms. The van der Waals surface area contributed by atoms with Crippen LogP contribution in [0, 0.1) is 5.82 Å². The highest BCUT2D eigenvalue weighted by atomic mass is 19.1.